The van der Waals surface area contributed by atoms with Crippen LogP contribution in [0.5, 0.6) is 5.75 Å². The number of ether oxygens (including phenoxy) is 1. The molecule has 1 N–H and O–H groups in total. The van der Waals surface area contributed by atoms with Gasteiger partial charge in [0.25, 0.3) is 5.91 Å². The van der Waals surface area contributed by atoms with Gasteiger partial charge in [-0.25, -0.2) is 4.90 Å². The Labute approximate surface area is 147 Å². The first-order valence-corrected chi connectivity index (χ1v) is 8.51. The topological polar surface area (TPSA) is 58.6 Å². The summed E-state index contributed by atoms with van der Waals surface area (Å²) in [5.74, 6) is 0.310. The zero-order valence-electron chi connectivity index (χ0n) is 14.5. The van der Waals surface area contributed by atoms with Crippen molar-refractivity contribution in [2.75, 3.05) is 16.8 Å². The maximum atomic E-state index is 12.7. The van der Waals surface area contributed by atoms with Crippen LogP contribution in [0.25, 0.3) is 0 Å². The Morgan fingerprint density at radius 3 is 2.60 bits per heavy atom. The molecule has 3 rings (SSSR count). The third kappa shape index (κ3) is 3.82. The first kappa shape index (κ1) is 17.0. The van der Waals surface area contributed by atoms with Crippen molar-refractivity contribution in [1.82, 2.24) is 0 Å². The maximum absolute atomic E-state index is 12.7. The minimum Gasteiger partial charge on any atom is -0.494 e. The van der Waals surface area contributed by atoms with Crippen molar-refractivity contribution in [3.8, 4) is 5.75 Å². The quantitative estimate of drug-likeness (QED) is 0.819. The van der Waals surface area contributed by atoms with Crippen LogP contribution in [-0.2, 0) is 9.59 Å². The second-order valence-corrected chi connectivity index (χ2v) is 6.18. The molecule has 0 aliphatic carbocycles. The lowest BCUT2D eigenvalue weighted by Crippen LogP contribution is -2.34. The number of nitrogens with one attached hydrogen (secondary N) is 1. The van der Waals surface area contributed by atoms with E-state index >= 15 is 0 Å². The van der Waals surface area contributed by atoms with Gasteiger partial charge in [0.05, 0.1) is 18.7 Å². The van der Waals surface area contributed by atoms with Gasteiger partial charge >= 0.3 is 0 Å². The van der Waals surface area contributed by atoms with Crippen molar-refractivity contribution < 1.29 is 14.3 Å². The summed E-state index contributed by atoms with van der Waals surface area (Å²) in [5.41, 5.74) is 2.52. The Morgan fingerprint density at radius 1 is 1.16 bits per heavy atom. The van der Waals surface area contributed by atoms with Crippen LogP contribution in [0.2, 0.25) is 0 Å². The number of hydrogen-bond donors (Lipinski definition) is 1. The van der Waals surface area contributed by atoms with Gasteiger partial charge in [0.1, 0.15) is 11.8 Å². The molecule has 130 valence electrons. The predicted octanol–water partition coefficient (Wildman–Crippen LogP) is 3.53. The molecule has 1 atom stereocenters. The number of rotatable bonds is 6. The Balaban J connectivity index is 1.72. The number of imide groups is 1. The fourth-order valence-electron chi connectivity index (χ4n) is 2.86. The van der Waals surface area contributed by atoms with Crippen molar-refractivity contribution in [2.24, 2.45) is 0 Å². The molecule has 2 aromatic rings. The molecule has 0 bridgehead atoms. The van der Waals surface area contributed by atoms with Crippen molar-refractivity contribution in [3.63, 3.8) is 0 Å². The molecular weight excluding hydrogens is 316 g/mol. The van der Waals surface area contributed by atoms with Crippen LogP contribution in [-0.4, -0.2) is 24.5 Å². The van der Waals surface area contributed by atoms with Crippen LogP contribution in [0.3, 0.4) is 0 Å². The number of carbonyl (C=O) groups is 2. The zero-order chi connectivity index (χ0) is 17.8. The molecule has 0 spiro atoms. The minimum atomic E-state index is -0.537. The monoisotopic (exact) mass is 338 g/mol. The van der Waals surface area contributed by atoms with Crippen molar-refractivity contribution >= 4 is 23.2 Å². The molecule has 1 aliphatic rings. The molecule has 0 radical (unpaired) electrons. The number of benzene rings is 2. The summed E-state index contributed by atoms with van der Waals surface area (Å²) in [4.78, 5) is 26.3. The van der Waals surface area contributed by atoms with Gasteiger partial charge in [0.2, 0.25) is 5.91 Å². The summed E-state index contributed by atoms with van der Waals surface area (Å²) >= 11 is 0. The molecule has 1 heterocycles. The van der Waals surface area contributed by atoms with Gasteiger partial charge in [-0.1, -0.05) is 19.1 Å². The summed E-state index contributed by atoms with van der Waals surface area (Å²) < 4.78 is 5.54. The van der Waals surface area contributed by atoms with Gasteiger partial charge < -0.3 is 10.1 Å². The highest BCUT2D eigenvalue weighted by Gasteiger charge is 2.39. The largest absolute Gasteiger partial charge is 0.494 e. The number of anilines is 2. The molecule has 1 aliphatic heterocycles. The zero-order valence-corrected chi connectivity index (χ0v) is 14.5. The number of hydrogen-bond acceptors (Lipinski definition) is 4. The average Bonchev–Trinajstić information content (AvgIpc) is 2.87. The smallest absolute Gasteiger partial charge is 0.256 e. The van der Waals surface area contributed by atoms with Gasteiger partial charge in [-0.15, -0.1) is 0 Å². The molecule has 2 amide bonds. The Kier molecular flexibility index (Phi) is 5.03. The van der Waals surface area contributed by atoms with Crippen molar-refractivity contribution in [3.05, 3.63) is 54.1 Å². The summed E-state index contributed by atoms with van der Waals surface area (Å²) in [6.07, 6.45) is 1.08. The van der Waals surface area contributed by atoms with Gasteiger partial charge in [-0.3, -0.25) is 9.59 Å². The molecule has 5 heteroatoms. The van der Waals surface area contributed by atoms with E-state index in [1.165, 1.54) is 4.90 Å². The highest BCUT2D eigenvalue weighted by molar-refractivity contribution is 6.23. The Hall–Kier alpha value is -2.82. The Bertz CT molecular complexity index is 771. The first-order chi connectivity index (χ1) is 12.1. The van der Waals surface area contributed by atoms with Crippen LogP contribution in [0, 0.1) is 6.92 Å². The van der Waals surface area contributed by atoms with Crippen LogP contribution in [0.4, 0.5) is 11.4 Å². The van der Waals surface area contributed by atoms with Crippen LogP contribution >= 0.6 is 0 Å². The number of nitrogens with zero attached hydrogens (tertiary/aromatic N) is 1. The lowest BCUT2D eigenvalue weighted by atomic mass is 10.2. The summed E-state index contributed by atoms with van der Waals surface area (Å²) in [6, 6.07) is 14.3. The standard InChI is InChI=1S/C20H22N2O3/c1-3-11-25-17-9-7-16(8-10-17)22-19(23)13-18(20(22)24)21-15-6-4-5-14(2)12-15/h4-10,12,18,21H,3,11,13H2,1-2H3/t18-/m1/s1. The van der Waals surface area contributed by atoms with E-state index in [9.17, 15) is 9.59 Å². The van der Waals surface area contributed by atoms with Gasteiger partial charge in [0.15, 0.2) is 0 Å². The lowest BCUT2D eigenvalue weighted by Gasteiger charge is -2.17. The van der Waals surface area contributed by atoms with Gasteiger partial charge in [-0.2, -0.15) is 0 Å². The van der Waals surface area contributed by atoms with Gasteiger partial charge in [0, 0.05) is 5.69 Å². The van der Waals surface area contributed by atoms with Gasteiger partial charge in [-0.05, 0) is 55.3 Å². The molecule has 0 aromatic heterocycles. The minimum absolute atomic E-state index is 0.154. The molecular formula is C20H22N2O3. The van der Waals surface area contributed by atoms with E-state index in [1.807, 2.05) is 38.1 Å². The second-order valence-electron chi connectivity index (χ2n) is 6.18. The maximum Gasteiger partial charge on any atom is 0.256 e. The van der Waals surface area contributed by atoms with Crippen molar-refractivity contribution in [2.45, 2.75) is 32.7 Å². The lowest BCUT2D eigenvalue weighted by molar-refractivity contribution is -0.121. The van der Waals surface area contributed by atoms with E-state index < -0.39 is 6.04 Å². The van der Waals surface area contributed by atoms with Crippen LogP contribution in [0.1, 0.15) is 25.3 Å². The number of amides is 2. The van der Waals surface area contributed by atoms with E-state index in [0.717, 1.165) is 23.4 Å². The normalized spacial score (nSPS) is 17.0. The van der Waals surface area contributed by atoms with E-state index in [1.54, 1.807) is 24.3 Å². The highest BCUT2D eigenvalue weighted by atomic mass is 16.5. The third-order valence-corrected chi connectivity index (χ3v) is 4.07. The van der Waals surface area contributed by atoms with E-state index in [0.29, 0.717) is 12.3 Å². The number of carbonyl (C=O) groups excluding carboxylic acids is 2. The van der Waals surface area contributed by atoms with Crippen molar-refractivity contribution in [1.29, 1.82) is 0 Å². The molecule has 1 fully saturated rings. The predicted molar refractivity (Wildman–Crippen MR) is 97.9 cm³/mol. The molecule has 25 heavy (non-hydrogen) atoms. The molecule has 1 saturated heterocycles. The van der Waals surface area contributed by atoms with Crippen LogP contribution < -0.4 is 15.0 Å². The fraction of sp³-hybridized carbons (Fsp3) is 0.300. The molecule has 0 saturated carbocycles. The highest BCUT2D eigenvalue weighted by Crippen LogP contribution is 2.27. The Morgan fingerprint density at radius 2 is 1.92 bits per heavy atom. The molecule has 0 unspecified atom stereocenters. The van der Waals surface area contributed by atoms with E-state index in [2.05, 4.69) is 5.32 Å². The average molecular weight is 338 g/mol. The third-order valence-electron chi connectivity index (χ3n) is 4.07. The van der Waals surface area contributed by atoms with Crippen LogP contribution in [0.15, 0.2) is 48.5 Å². The second kappa shape index (κ2) is 7.38. The summed E-state index contributed by atoms with van der Waals surface area (Å²) in [7, 11) is 0. The van der Waals surface area contributed by atoms with E-state index in [-0.39, 0.29) is 18.2 Å². The summed E-state index contributed by atoms with van der Waals surface area (Å²) in [6.45, 7) is 4.67. The molecule has 2 aromatic carbocycles. The van der Waals surface area contributed by atoms with E-state index in [4.69, 9.17) is 4.74 Å². The summed E-state index contributed by atoms with van der Waals surface area (Å²) in [5, 5.41) is 3.16. The first-order valence-electron chi connectivity index (χ1n) is 8.51. The molecule has 5 nitrogen and oxygen atoms in total. The number of aryl methyl sites for hydroxylation is 1. The fourth-order valence-corrected chi connectivity index (χ4v) is 2.86. The SMILES string of the molecule is CCCOc1ccc(N2C(=O)C[C@@H](Nc3cccc(C)c3)C2=O)cc1.